The van der Waals surface area contributed by atoms with Crippen molar-refractivity contribution in [3.8, 4) is 17.2 Å². The largest absolute Gasteiger partial charge is 0.586 e. The number of anilines is 5. The molecule has 15 nitrogen and oxygen atoms in total. The lowest BCUT2D eigenvalue weighted by Crippen LogP contribution is -2.34. The maximum Gasteiger partial charge on any atom is 0.586 e. The molecule has 0 unspecified atom stereocenters. The zero-order valence-corrected chi connectivity index (χ0v) is 25.8. The van der Waals surface area contributed by atoms with Gasteiger partial charge in [-0.1, -0.05) is 0 Å². The number of aromatic hydroxyl groups is 1. The van der Waals surface area contributed by atoms with E-state index in [9.17, 15) is 18.7 Å². The second kappa shape index (κ2) is 16.1. The van der Waals surface area contributed by atoms with E-state index in [0.29, 0.717) is 23.5 Å². The van der Waals surface area contributed by atoms with Gasteiger partial charge in [0, 0.05) is 55.4 Å². The van der Waals surface area contributed by atoms with Crippen molar-refractivity contribution in [2.24, 2.45) is 0 Å². The first-order valence-electron chi connectivity index (χ1n) is 13.4. The normalized spacial score (nSPS) is 16.0. The van der Waals surface area contributed by atoms with Crippen molar-refractivity contribution in [1.82, 2.24) is 39.6 Å². The van der Waals surface area contributed by atoms with Crippen molar-refractivity contribution in [3.05, 3.63) is 42.0 Å². The third kappa shape index (κ3) is 8.89. The van der Waals surface area contributed by atoms with Gasteiger partial charge in [-0.3, -0.25) is 4.79 Å². The van der Waals surface area contributed by atoms with Crippen LogP contribution in [-0.4, -0.2) is 58.4 Å². The third-order valence-electron chi connectivity index (χ3n) is 7.05. The minimum absolute atomic E-state index is 0. The predicted molar refractivity (Wildman–Crippen MR) is 180 cm³/mol. The quantitative estimate of drug-likeness (QED) is 0.141. The maximum atomic E-state index is 13.3. The molecule has 45 heavy (non-hydrogen) atoms. The molecule has 3 aliphatic heterocycles. The lowest BCUT2D eigenvalue weighted by Gasteiger charge is -2.30. The van der Waals surface area contributed by atoms with E-state index in [1.165, 1.54) is 43.2 Å². The molecule has 3 aliphatic rings. The first-order chi connectivity index (χ1) is 19.3. The van der Waals surface area contributed by atoms with Crippen LogP contribution in [0, 0.1) is 0 Å². The molecule has 2 saturated heterocycles. The minimum Gasteiger partial charge on any atom is -0.507 e. The Kier molecular flexibility index (Phi) is 13.9. The van der Waals surface area contributed by atoms with E-state index in [2.05, 4.69) is 39.9 Å². The molecule has 258 valence electrons. The number of nitrogens with one attached hydrogen (secondary N) is 2. The van der Waals surface area contributed by atoms with Crippen LogP contribution in [-0.2, 0) is 0 Å². The molecule has 15 N–H and O–H groups in total. The highest BCUT2D eigenvalue weighted by molar-refractivity contribution is 6.06. The highest BCUT2D eigenvalue weighted by atomic mass is 35.5. The van der Waals surface area contributed by atoms with Crippen molar-refractivity contribution in [1.29, 1.82) is 0 Å². The van der Waals surface area contributed by atoms with Crippen molar-refractivity contribution in [2.75, 3.05) is 46.6 Å². The van der Waals surface area contributed by atoms with Crippen molar-refractivity contribution in [3.63, 3.8) is 0 Å². The molecule has 1 amide bonds. The van der Waals surface area contributed by atoms with Crippen molar-refractivity contribution in [2.45, 2.75) is 44.8 Å². The first-order valence-corrected chi connectivity index (χ1v) is 13.4. The third-order valence-corrected chi connectivity index (χ3v) is 7.05. The number of fused-ring (bicyclic) bond motifs is 1. The summed E-state index contributed by atoms with van der Waals surface area (Å²) in [7, 11) is 0. The summed E-state index contributed by atoms with van der Waals surface area (Å²) in [6.07, 6.45) is 2.97. The summed E-state index contributed by atoms with van der Waals surface area (Å²) in [4.78, 5) is 31.3. The standard InChI is InChI=1S/C27H29F2N7O4.ClH.4H3N.4H2/c28-27(29)39-21-10-8-18(16-22(21)40-27)30-23(38)19-9-7-17(15-20(19)37)31-24-32-25(35-11-3-1-4-12-35)34-26(33-24)36-13-5-2-6-14-36;;;;;;;;;/h7-10,15-16,37H,1-6,11-14H2,(H,30,38)(H,31,32,33,34);1H;4*1H3;4*1H. The monoisotopic (exact) mass is 665 g/mol. The second-order valence-corrected chi connectivity index (χ2v) is 9.99. The molecule has 0 saturated carbocycles. The Hall–Kier alpha value is -4.29. The van der Waals surface area contributed by atoms with E-state index in [1.54, 1.807) is 6.07 Å². The van der Waals surface area contributed by atoms with Crippen LogP contribution in [0.1, 0.15) is 54.6 Å². The number of alkyl halides is 2. The fourth-order valence-electron chi connectivity index (χ4n) is 5.04. The van der Waals surface area contributed by atoms with E-state index < -0.39 is 12.2 Å². The minimum atomic E-state index is -3.76. The molecule has 18 heteroatoms. The van der Waals surface area contributed by atoms with Gasteiger partial charge in [-0.15, -0.1) is 21.2 Å². The molecular formula is C27H50ClF2N11O4. The van der Waals surface area contributed by atoms with Gasteiger partial charge in [0.05, 0.1) is 5.56 Å². The highest BCUT2D eigenvalue weighted by Gasteiger charge is 2.43. The van der Waals surface area contributed by atoms with E-state index in [1.807, 2.05) is 0 Å². The number of phenols is 1. The molecule has 0 atom stereocenters. The number of carbonyl (C=O) groups excluding carboxylic acids is 1. The maximum absolute atomic E-state index is 13.3. The molecular weight excluding hydrogens is 616 g/mol. The number of piperidine rings is 2. The van der Waals surface area contributed by atoms with Gasteiger partial charge in [0.25, 0.3) is 5.91 Å². The zero-order valence-electron chi connectivity index (χ0n) is 24.9. The molecule has 0 spiro atoms. The molecule has 4 heterocycles. The van der Waals surface area contributed by atoms with E-state index >= 15 is 0 Å². The van der Waals surface area contributed by atoms with Crippen molar-refractivity contribution >= 4 is 47.5 Å². The molecule has 2 fully saturated rings. The number of benzene rings is 2. The average molecular weight is 666 g/mol. The van der Waals surface area contributed by atoms with Crippen molar-refractivity contribution < 1.29 is 33.9 Å². The smallest absolute Gasteiger partial charge is 0.507 e. The number of ether oxygens (including phenoxy) is 2. The topological polar surface area (TPSA) is 265 Å². The number of hydrogen-bond acceptors (Lipinski definition) is 14. The lowest BCUT2D eigenvalue weighted by atomic mass is 10.1. The van der Waals surface area contributed by atoms with Gasteiger partial charge in [-0.05, 0) is 62.8 Å². The number of carbonyl (C=O) groups is 1. The second-order valence-electron chi connectivity index (χ2n) is 9.99. The SMILES string of the molecule is Cl.N.N.N.N.O=C(Nc1ccc2c(c1)OC(F)(F)O2)c1ccc(Nc2nc(N3CCCCC3)nc(N3CCCCC3)n2)cc1O.[HH].[HH].[HH].[HH]. The van der Waals surface area contributed by atoms with Gasteiger partial charge in [0.2, 0.25) is 17.8 Å². The van der Waals surface area contributed by atoms with Crippen LogP contribution in [0.4, 0.5) is 38.0 Å². The Morgan fingerprint density at radius 2 is 1.31 bits per heavy atom. The highest BCUT2D eigenvalue weighted by Crippen LogP contribution is 2.42. The molecule has 6 rings (SSSR count). The Labute approximate surface area is 271 Å². The van der Waals surface area contributed by atoms with Gasteiger partial charge in [0.15, 0.2) is 11.5 Å². The predicted octanol–water partition coefficient (Wildman–Crippen LogP) is 6.93. The Morgan fingerprint density at radius 3 is 1.87 bits per heavy atom. The summed E-state index contributed by atoms with van der Waals surface area (Å²) >= 11 is 0. The van der Waals surface area contributed by atoms with Gasteiger partial charge in [-0.25, -0.2) is 0 Å². The lowest BCUT2D eigenvalue weighted by molar-refractivity contribution is -0.286. The summed E-state index contributed by atoms with van der Waals surface area (Å²) < 4.78 is 35.4. The molecule has 3 aromatic rings. The molecule has 0 aliphatic carbocycles. The van der Waals surface area contributed by atoms with E-state index in [4.69, 9.17) is 4.98 Å². The number of nitrogens with zero attached hydrogens (tertiary/aromatic N) is 5. The molecule has 0 radical (unpaired) electrons. The number of amides is 1. The van der Waals surface area contributed by atoms with Gasteiger partial charge < -0.3 is 59.6 Å². The van der Waals surface area contributed by atoms with E-state index in [-0.39, 0.29) is 71.2 Å². The fraction of sp³-hybridized carbons (Fsp3) is 0.407. The molecule has 2 aromatic carbocycles. The number of aromatic nitrogens is 3. The van der Waals surface area contributed by atoms with E-state index in [0.717, 1.165) is 51.9 Å². The van der Waals surface area contributed by atoms with Crippen LogP contribution in [0.5, 0.6) is 17.2 Å². The average Bonchev–Trinajstić information content (AvgIpc) is 3.27. The molecule has 0 bridgehead atoms. The first kappa shape index (κ1) is 38.7. The van der Waals surface area contributed by atoms with Crippen LogP contribution in [0.15, 0.2) is 36.4 Å². The van der Waals surface area contributed by atoms with Crippen LogP contribution in [0.3, 0.4) is 0 Å². The summed E-state index contributed by atoms with van der Waals surface area (Å²) in [5, 5.41) is 16.4. The number of halogens is 3. The van der Waals surface area contributed by atoms with Crippen LogP contribution >= 0.6 is 12.4 Å². The summed E-state index contributed by atoms with van der Waals surface area (Å²) in [5.74, 6) is 0.359. The summed E-state index contributed by atoms with van der Waals surface area (Å²) in [6, 6.07) is 8.37. The summed E-state index contributed by atoms with van der Waals surface area (Å²) in [6.45, 7) is 3.55. The van der Waals surface area contributed by atoms with Crippen LogP contribution in [0.25, 0.3) is 0 Å². The Morgan fingerprint density at radius 1 is 0.778 bits per heavy atom. The number of hydrogen-bond donors (Lipinski definition) is 7. The van der Waals surface area contributed by atoms with Gasteiger partial charge >= 0.3 is 6.29 Å². The zero-order chi connectivity index (χ0) is 27.7. The van der Waals surface area contributed by atoms with Gasteiger partial charge in [-0.2, -0.15) is 15.0 Å². The van der Waals surface area contributed by atoms with Crippen LogP contribution in [0.2, 0.25) is 0 Å². The Balaban J connectivity index is -0.00000112. The van der Waals surface area contributed by atoms with Crippen LogP contribution < -0.4 is 54.5 Å². The number of rotatable bonds is 6. The molecule has 1 aromatic heterocycles. The summed E-state index contributed by atoms with van der Waals surface area (Å²) in [5.41, 5.74) is 0.680. The number of phenolic OH excluding ortho intramolecular Hbond substituents is 1. The fourth-order valence-corrected chi connectivity index (χ4v) is 5.04. The van der Waals surface area contributed by atoms with Gasteiger partial charge in [0.1, 0.15) is 5.75 Å². The Bertz CT molecular complexity index is 1410.